The highest BCUT2D eigenvalue weighted by molar-refractivity contribution is 7.93. The highest BCUT2D eigenvalue weighted by atomic mass is 32.2. The number of aryl methyl sites for hydroxylation is 1. The quantitative estimate of drug-likeness (QED) is 0.405. The van der Waals surface area contributed by atoms with Crippen molar-refractivity contribution in [1.29, 1.82) is 0 Å². The van der Waals surface area contributed by atoms with Crippen molar-refractivity contribution in [1.82, 2.24) is 10.2 Å². The van der Waals surface area contributed by atoms with Crippen molar-refractivity contribution in [3.8, 4) is 0 Å². The fraction of sp³-hybridized carbons (Fsp3) is 0.526. The third kappa shape index (κ3) is 5.63. The van der Waals surface area contributed by atoms with Crippen LogP contribution >= 0.6 is 11.3 Å². The minimum Gasteiger partial charge on any atom is -0.457 e. The molecule has 2 unspecified atom stereocenters. The molecule has 1 aliphatic heterocycles. The van der Waals surface area contributed by atoms with Crippen LogP contribution in [-0.4, -0.2) is 49.3 Å². The second kappa shape index (κ2) is 9.82. The topological polar surface area (TPSA) is 126 Å². The highest BCUT2D eigenvalue weighted by Crippen LogP contribution is 2.40. The van der Waals surface area contributed by atoms with Crippen LogP contribution in [0.5, 0.6) is 0 Å². The molecule has 0 amide bonds. The monoisotopic (exact) mass is 520 g/mol. The van der Waals surface area contributed by atoms with Gasteiger partial charge >= 0.3 is 21.5 Å². The van der Waals surface area contributed by atoms with Gasteiger partial charge in [-0.1, -0.05) is 18.3 Å². The van der Waals surface area contributed by atoms with Gasteiger partial charge in [0, 0.05) is 18.8 Å². The zero-order valence-corrected chi connectivity index (χ0v) is 20.4. The van der Waals surface area contributed by atoms with Crippen molar-refractivity contribution in [2.45, 2.75) is 57.7 Å². The molecule has 15 heteroatoms. The van der Waals surface area contributed by atoms with Gasteiger partial charge in [-0.2, -0.15) is 21.6 Å². The van der Waals surface area contributed by atoms with Gasteiger partial charge in [-0.3, -0.25) is 4.72 Å². The van der Waals surface area contributed by atoms with E-state index in [1.807, 2.05) is 18.7 Å². The van der Waals surface area contributed by atoms with Gasteiger partial charge in [-0.25, -0.2) is 4.79 Å². The molecule has 0 saturated carbocycles. The predicted molar refractivity (Wildman–Crippen MR) is 120 cm³/mol. The molecule has 1 aromatic carbocycles. The van der Waals surface area contributed by atoms with Crippen molar-refractivity contribution >= 4 is 49.5 Å². The Morgan fingerprint density at radius 1 is 1.35 bits per heavy atom. The van der Waals surface area contributed by atoms with Gasteiger partial charge in [0.15, 0.2) is 0 Å². The van der Waals surface area contributed by atoms with Crippen LogP contribution in [-0.2, 0) is 21.2 Å². The number of carbonyl (C=O) groups is 1. The lowest BCUT2D eigenvalue weighted by atomic mass is 9.96. The number of sulfonamides is 1. The number of hydrogen-bond donors (Lipinski definition) is 1. The lowest BCUT2D eigenvalue weighted by molar-refractivity contribution is -0.0429. The van der Waals surface area contributed by atoms with E-state index in [1.165, 1.54) is 12.1 Å². The summed E-state index contributed by atoms with van der Waals surface area (Å²) in [6, 6.07) is 2.90. The smallest absolute Gasteiger partial charge is 0.457 e. The van der Waals surface area contributed by atoms with Crippen molar-refractivity contribution in [2.75, 3.05) is 16.7 Å². The Hall–Kier alpha value is -2.81. The number of hydrogen-bond acceptors (Lipinski definition) is 10. The molecule has 10 nitrogen and oxygen atoms in total. The Balaban J connectivity index is 1.96. The van der Waals surface area contributed by atoms with Crippen molar-refractivity contribution < 1.29 is 31.1 Å². The number of fused-ring (bicyclic) bond motifs is 1. The Labute approximate surface area is 198 Å². The minimum atomic E-state index is -5.69. The average Bonchev–Trinajstić information content (AvgIpc) is 3.23. The molecule has 1 aromatic heterocycles. The standard InChI is InChI=1S/C19H23F3N6O4S2/c1-5-11(3)32-17(29)16-24-26-18(33-16)25-23-13-8-12-7-6-10(2)28(4)15(12)9-14(13)27-34(30,31)19(20,21)22/h8-11,27H,5-7H2,1-4H3. The number of rotatable bonds is 7. The molecule has 0 bridgehead atoms. The molecule has 2 heterocycles. The van der Waals surface area contributed by atoms with E-state index in [1.54, 1.807) is 18.7 Å². The zero-order chi connectivity index (χ0) is 25.3. The van der Waals surface area contributed by atoms with E-state index in [2.05, 4.69) is 20.4 Å². The van der Waals surface area contributed by atoms with E-state index in [0.29, 0.717) is 18.5 Å². The number of benzene rings is 1. The van der Waals surface area contributed by atoms with Crippen LogP contribution in [0.2, 0.25) is 0 Å². The number of nitrogens with zero attached hydrogens (tertiary/aromatic N) is 5. The third-order valence-electron chi connectivity index (χ3n) is 5.33. The van der Waals surface area contributed by atoms with E-state index < -0.39 is 21.5 Å². The third-order valence-corrected chi connectivity index (χ3v) is 7.22. The molecular formula is C19H23F3N6O4S2. The maximum Gasteiger partial charge on any atom is 0.516 e. The van der Waals surface area contributed by atoms with Crippen molar-refractivity contribution in [3.63, 3.8) is 0 Å². The normalized spacial score (nSPS) is 17.5. The first-order valence-electron chi connectivity index (χ1n) is 10.3. The van der Waals surface area contributed by atoms with Gasteiger partial charge in [-0.05, 0) is 50.8 Å². The molecule has 3 rings (SSSR count). The summed E-state index contributed by atoms with van der Waals surface area (Å²) in [4.78, 5) is 13.9. The summed E-state index contributed by atoms with van der Waals surface area (Å²) in [7, 11) is -3.92. The van der Waals surface area contributed by atoms with Crippen molar-refractivity contribution in [2.24, 2.45) is 10.2 Å². The summed E-state index contributed by atoms with van der Waals surface area (Å²) >= 11 is 0.781. The van der Waals surface area contributed by atoms with Gasteiger partial charge in [0.2, 0.25) is 5.01 Å². The first kappa shape index (κ1) is 25.8. The summed E-state index contributed by atoms with van der Waals surface area (Å²) < 4.78 is 69.2. The Morgan fingerprint density at radius 2 is 2.06 bits per heavy atom. The molecule has 0 spiro atoms. The fourth-order valence-corrected chi connectivity index (χ4v) is 4.18. The fourth-order valence-electron chi connectivity index (χ4n) is 3.06. The lowest BCUT2D eigenvalue weighted by Crippen LogP contribution is -2.34. The highest BCUT2D eigenvalue weighted by Gasteiger charge is 2.46. The summed E-state index contributed by atoms with van der Waals surface area (Å²) in [6.45, 7) is 5.52. The van der Waals surface area contributed by atoms with Crippen LogP contribution in [0, 0.1) is 0 Å². The maximum atomic E-state index is 13.0. The first-order chi connectivity index (χ1) is 15.8. The van der Waals surface area contributed by atoms with Crippen molar-refractivity contribution in [3.05, 3.63) is 22.7 Å². The number of alkyl halides is 3. The van der Waals surface area contributed by atoms with Crippen LogP contribution < -0.4 is 9.62 Å². The van der Waals surface area contributed by atoms with Gasteiger partial charge < -0.3 is 9.64 Å². The molecule has 186 valence electrons. The molecule has 2 atom stereocenters. The number of esters is 1. The Morgan fingerprint density at radius 3 is 2.71 bits per heavy atom. The van der Waals surface area contributed by atoms with Gasteiger partial charge in [0.05, 0.1) is 11.8 Å². The van der Waals surface area contributed by atoms with Crippen LogP contribution in [0.3, 0.4) is 0 Å². The number of ether oxygens (including phenoxy) is 1. The summed E-state index contributed by atoms with van der Waals surface area (Å²) in [5, 5.41) is 15.1. The van der Waals surface area contributed by atoms with E-state index >= 15 is 0 Å². The first-order valence-corrected chi connectivity index (χ1v) is 12.6. The summed E-state index contributed by atoms with van der Waals surface area (Å²) in [6.07, 6.45) is 1.72. The van der Waals surface area contributed by atoms with Crippen LogP contribution in [0.1, 0.15) is 49.0 Å². The summed E-state index contributed by atoms with van der Waals surface area (Å²) in [5.74, 6) is -0.683. The molecule has 0 radical (unpaired) electrons. The molecule has 34 heavy (non-hydrogen) atoms. The van der Waals surface area contributed by atoms with Gasteiger partial charge in [0.1, 0.15) is 5.69 Å². The molecule has 0 fully saturated rings. The molecule has 1 N–H and O–H groups in total. The van der Waals surface area contributed by atoms with Crippen LogP contribution in [0.15, 0.2) is 22.4 Å². The number of nitrogens with one attached hydrogen (secondary N) is 1. The predicted octanol–water partition coefficient (Wildman–Crippen LogP) is 4.94. The SMILES string of the molecule is CCC(C)OC(=O)c1nnc(N=Nc2cc3c(cc2NS(=O)(=O)C(F)(F)F)N(C)C(C)CC3)s1. The number of aromatic nitrogens is 2. The molecule has 1 aliphatic rings. The number of carbonyl (C=O) groups excluding carboxylic acids is 1. The van der Waals surface area contributed by atoms with Gasteiger partial charge in [-0.15, -0.1) is 20.4 Å². The zero-order valence-electron chi connectivity index (χ0n) is 18.8. The van der Waals surface area contributed by atoms with E-state index in [-0.39, 0.29) is 33.7 Å². The number of anilines is 2. The second-order valence-electron chi connectivity index (χ2n) is 7.76. The van der Waals surface area contributed by atoms with Gasteiger partial charge in [0.25, 0.3) is 5.13 Å². The summed E-state index contributed by atoms with van der Waals surface area (Å²) in [5.41, 5.74) is -4.67. The lowest BCUT2D eigenvalue weighted by Gasteiger charge is -2.34. The Kier molecular flexibility index (Phi) is 7.45. The second-order valence-corrected chi connectivity index (χ2v) is 10.4. The number of azo groups is 1. The average molecular weight is 521 g/mol. The van der Waals surface area contributed by atoms with E-state index in [4.69, 9.17) is 4.74 Å². The van der Waals surface area contributed by atoms with E-state index in [9.17, 15) is 26.4 Å². The maximum absolute atomic E-state index is 13.0. The molecule has 0 saturated heterocycles. The Bertz CT molecular complexity index is 1200. The van der Waals surface area contributed by atoms with Crippen LogP contribution in [0.25, 0.3) is 0 Å². The minimum absolute atomic E-state index is 0.0517. The van der Waals surface area contributed by atoms with E-state index in [0.717, 1.165) is 23.3 Å². The number of halogens is 3. The molecular weight excluding hydrogens is 497 g/mol. The molecule has 2 aromatic rings. The molecule has 0 aliphatic carbocycles. The largest absolute Gasteiger partial charge is 0.516 e. The van der Waals surface area contributed by atoms with Crippen LogP contribution in [0.4, 0.5) is 35.4 Å².